The molecule has 0 N–H and O–H groups in total. The number of benzene rings is 7. The van der Waals surface area contributed by atoms with Gasteiger partial charge in [0, 0.05) is 173 Å². The van der Waals surface area contributed by atoms with Crippen molar-refractivity contribution in [2.75, 3.05) is 172 Å². The van der Waals surface area contributed by atoms with Gasteiger partial charge in [-0.15, -0.1) is 0 Å². The average Bonchev–Trinajstić information content (AvgIpc) is 0.794. The van der Waals surface area contributed by atoms with Crippen LogP contribution in [0.3, 0.4) is 0 Å². The van der Waals surface area contributed by atoms with Gasteiger partial charge in [-0.2, -0.15) is 29.3 Å². The molecule has 0 bridgehead atoms. The minimum absolute atomic E-state index is 0.104. The number of methoxy groups -OCH3 is 1. The second-order valence-corrected chi connectivity index (χ2v) is 30.9. The van der Waals surface area contributed by atoms with E-state index >= 15 is 0 Å². The highest BCUT2D eigenvalue weighted by Crippen LogP contribution is 2.32. The molecule has 0 aliphatic carbocycles. The lowest BCUT2D eigenvalue weighted by atomic mass is 10.1. The number of piperazine rings is 4. The number of anilines is 4. The molecule has 12 aromatic rings. The van der Waals surface area contributed by atoms with Gasteiger partial charge in [-0.05, 0) is 155 Å². The lowest BCUT2D eigenvalue weighted by Crippen LogP contribution is -2.46. The summed E-state index contributed by atoms with van der Waals surface area (Å²) in [4.78, 5) is 70.4. The molecule has 25 heteroatoms. The number of nitrogens with zero attached hydrogens (tertiary/aromatic N) is 17. The molecule has 9 heterocycles. The van der Waals surface area contributed by atoms with Crippen LogP contribution in [0.1, 0.15) is 48.1 Å². The second kappa shape index (κ2) is 41.2. The average molecular weight is 1610 g/mol. The molecule has 4 aliphatic rings. The largest absolute Gasteiger partial charge is 0.497 e. The Morgan fingerprint density at radius 2 is 0.866 bits per heavy atom. The van der Waals surface area contributed by atoms with Crippen LogP contribution in [-0.4, -0.2) is 223 Å². The Morgan fingerprint density at radius 3 is 1.37 bits per heavy atom. The van der Waals surface area contributed by atoms with Gasteiger partial charge < -0.3 is 53.1 Å². The monoisotopic (exact) mass is 1600 g/mol. The summed E-state index contributed by atoms with van der Waals surface area (Å²) in [6, 6.07) is 67.9. The third-order valence-electron chi connectivity index (χ3n) is 21.8. The van der Waals surface area contributed by atoms with E-state index in [4.69, 9.17) is 23.7 Å². The molecule has 618 valence electrons. The molecule has 119 heavy (non-hydrogen) atoms. The Kier molecular flexibility index (Phi) is 28.8. The summed E-state index contributed by atoms with van der Waals surface area (Å²) >= 11 is 0. The third-order valence-corrected chi connectivity index (χ3v) is 21.8. The predicted octanol–water partition coefficient (Wildman–Crippen LogP) is 11.7. The second-order valence-electron chi connectivity index (χ2n) is 30.9. The molecule has 0 unspecified atom stereocenters. The molecule has 0 spiro atoms. The molecule has 16 rings (SSSR count). The number of fused-ring (bicyclic) bond motifs is 1. The normalized spacial score (nSPS) is 15.0. The van der Waals surface area contributed by atoms with Crippen molar-refractivity contribution in [2.24, 2.45) is 0 Å². The zero-order valence-corrected chi connectivity index (χ0v) is 69.2. The number of ether oxygens (including phenoxy) is 5. The van der Waals surface area contributed by atoms with Gasteiger partial charge in [0.1, 0.15) is 35.2 Å². The fraction of sp³-hybridized carbons (Fsp3) is 0.340. The highest BCUT2D eigenvalue weighted by molar-refractivity contribution is 5.81. The minimum Gasteiger partial charge on any atom is -0.497 e. The minimum atomic E-state index is -0.274. The van der Waals surface area contributed by atoms with Crippen molar-refractivity contribution in [1.29, 1.82) is 0 Å². The van der Waals surface area contributed by atoms with Gasteiger partial charge in [0.05, 0.1) is 67.6 Å². The highest BCUT2D eigenvalue weighted by atomic mass is 16.5. The number of rotatable bonds is 28. The van der Waals surface area contributed by atoms with Crippen molar-refractivity contribution in [2.45, 2.75) is 59.0 Å². The van der Waals surface area contributed by atoms with Crippen molar-refractivity contribution in [3.63, 3.8) is 0 Å². The molecular formula is C94H109N17O8. The lowest BCUT2D eigenvalue weighted by Gasteiger charge is -2.36. The predicted molar refractivity (Wildman–Crippen MR) is 472 cm³/mol. The van der Waals surface area contributed by atoms with Gasteiger partial charge in [-0.3, -0.25) is 39.1 Å². The van der Waals surface area contributed by atoms with Crippen LogP contribution >= 0.6 is 0 Å². The molecule has 4 saturated heterocycles. The summed E-state index contributed by atoms with van der Waals surface area (Å²) in [5.41, 5.74) is 11.8. The molecule has 4 fully saturated rings. The maximum Gasteiger partial charge on any atom is 0.316 e. The molecule has 4 aliphatic heterocycles. The van der Waals surface area contributed by atoms with E-state index in [2.05, 4.69) is 163 Å². The van der Waals surface area contributed by atoms with Crippen LogP contribution in [0, 0.1) is 0 Å². The molecular weight excluding hydrogens is 1500 g/mol. The van der Waals surface area contributed by atoms with Crippen molar-refractivity contribution in [1.82, 2.24) is 63.8 Å². The Morgan fingerprint density at radius 1 is 0.403 bits per heavy atom. The van der Waals surface area contributed by atoms with Crippen molar-refractivity contribution >= 4 is 33.7 Å². The van der Waals surface area contributed by atoms with Crippen LogP contribution in [-0.2, 0) is 32.7 Å². The quantitative estimate of drug-likeness (QED) is 0.0418. The molecule has 0 atom stereocenters. The number of pyridine rings is 2. The van der Waals surface area contributed by atoms with E-state index in [9.17, 15) is 14.4 Å². The van der Waals surface area contributed by atoms with Crippen LogP contribution in [0.5, 0.6) is 28.7 Å². The fourth-order valence-corrected chi connectivity index (χ4v) is 15.2. The number of hydrogen-bond donors (Lipinski definition) is 0. The lowest BCUT2D eigenvalue weighted by molar-refractivity contribution is 0.231. The smallest absolute Gasteiger partial charge is 0.316 e. The van der Waals surface area contributed by atoms with E-state index in [-0.39, 0.29) is 29.4 Å². The summed E-state index contributed by atoms with van der Waals surface area (Å²) < 4.78 is 33.8. The Hall–Kier alpha value is -12.3. The summed E-state index contributed by atoms with van der Waals surface area (Å²) in [5.74, 6) is 2.75. The molecule has 5 aromatic heterocycles. The maximum absolute atomic E-state index is 13.7. The molecule has 0 radical (unpaired) electrons. The van der Waals surface area contributed by atoms with Crippen LogP contribution in [0.2, 0.25) is 0 Å². The van der Waals surface area contributed by atoms with E-state index in [1.165, 1.54) is 41.8 Å². The maximum atomic E-state index is 13.7. The molecule has 0 saturated carbocycles. The van der Waals surface area contributed by atoms with E-state index < -0.39 is 0 Å². The molecule has 7 aromatic carbocycles. The van der Waals surface area contributed by atoms with Gasteiger partial charge in [0.2, 0.25) is 17.2 Å². The summed E-state index contributed by atoms with van der Waals surface area (Å²) in [6.45, 7) is 23.4. The zero-order valence-electron chi connectivity index (χ0n) is 69.2. The number of para-hydroxylation sites is 4. The zero-order chi connectivity index (χ0) is 82.2. The van der Waals surface area contributed by atoms with Crippen LogP contribution in [0.25, 0.3) is 28.0 Å². The van der Waals surface area contributed by atoms with E-state index in [1.54, 1.807) is 38.1 Å². The Labute approximate surface area is 697 Å². The Balaban J connectivity index is 0.000000147. The van der Waals surface area contributed by atoms with Crippen molar-refractivity contribution in [3.05, 3.63) is 302 Å². The SMILES string of the molecule is CC(C)Oc1c(N2CCN(Cc3ccc(N4CCN(C)CC4)cc3)CC2)cnn(-c2ccccc2)c1=O.CN(C)CCCOc1ccc(CN2CCN(c3cnn(-c4ccccc4)c(=O)c3OCc3cccnc3)CC2)cc1.COc1ccc(CCOc2c(N3CCN(Cc4ccnc5ccccc45)CC3)cnn(-c3ccccc3)c2=O)cc1. The van der Waals surface area contributed by atoms with E-state index in [0.29, 0.717) is 41.7 Å². The fourth-order valence-electron chi connectivity index (χ4n) is 15.2. The Bertz CT molecular complexity index is 5340. The highest BCUT2D eigenvalue weighted by Gasteiger charge is 2.29. The van der Waals surface area contributed by atoms with Gasteiger partial charge in [0.25, 0.3) is 0 Å². The standard InChI is InChI=1S/C33H33N5O3.C32H38N6O3.C29H38N6O2/c1-40-28-13-11-25(12-14-28)16-22-41-32-31(23-35-38(33(32)39)27-7-3-2-4-8-27)37-20-18-36(19-21-37)24-26-15-17-34-30-10-6-5-9-29(26)30;1-35(2)16-7-21-40-29-13-11-26(12-14-29)24-36-17-19-37(20-18-36)30-23-34-38(28-9-4-3-5-10-28)32(39)31(30)41-25-27-8-6-15-33-22-27;1-23(2)37-28-27(21-30-35(29(28)36)26-7-5-4-6-8-26)34-19-15-32(16-20-34)22-24-9-11-25(12-10-24)33-17-13-31(3)14-18-33/h2-15,17,23H,16,18-22,24H2,1H3;3-6,8-15,22-23H,7,16-21,24-25H2,1-2H3;4-12,21,23H,13-20,22H2,1-3H3. The summed E-state index contributed by atoms with van der Waals surface area (Å²) in [6.07, 6.45) is 12.2. The summed E-state index contributed by atoms with van der Waals surface area (Å²) in [7, 11) is 7.99. The third kappa shape index (κ3) is 22.3. The van der Waals surface area contributed by atoms with Gasteiger partial charge in [-0.25, -0.2) is 0 Å². The number of hydrogen-bond acceptors (Lipinski definition) is 22. The first-order chi connectivity index (χ1) is 58.2. The number of aromatic nitrogens is 8. The van der Waals surface area contributed by atoms with Gasteiger partial charge in [-0.1, -0.05) is 115 Å². The van der Waals surface area contributed by atoms with Crippen LogP contribution < -0.4 is 60.0 Å². The van der Waals surface area contributed by atoms with Crippen molar-refractivity contribution in [3.8, 4) is 45.8 Å². The van der Waals surface area contributed by atoms with Gasteiger partial charge in [0.15, 0.2) is 0 Å². The van der Waals surface area contributed by atoms with Crippen molar-refractivity contribution < 1.29 is 23.7 Å². The van der Waals surface area contributed by atoms with E-state index in [1.807, 2.05) is 154 Å². The van der Waals surface area contributed by atoms with Crippen LogP contribution in [0.15, 0.2) is 258 Å². The summed E-state index contributed by atoms with van der Waals surface area (Å²) in [5, 5.41) is 14.7. The first kappa shape index (κ1) is 83.2. The van der Waals surface area contributed by atoms with Gasteiger partial charge >= 0.3 is 16.7 Å². The topological polar surface area (TPSA) is 206 Å². The van der Waals surface area contributed by atoms with E-state index in [0.717, 1.165) is 195 Å². The first-order valence-corrected chi connectivity index (χ1v) is 41.3. The van der Waals surface area contributed by atoms with Crippen LogP contribution in [0.4, 0.5) is 22.7 Å². The number of likely N-dealkylation sites (N-methyl/N-ethyl adjacent to an activating group) is 1. The first-order valence-electron chi connectivity index (χ1n) is 41.3. The molecule has 0 amide bonds. The molecule has 25 nitrogen and oxygen atoms in total.